The lowest BCUT2D eigenvalue weighted by molar-refractivity contribution is -0.870. The maximum Gasteiger partial charge on any atom is 0.472 e. The minimum Gasteiger partial charge on any atom is -0.462 e. The number of hydrogen-bond acceptors (Lipinski definition) is 8. The molecule has 0 aromatic rings. The number of quaternary nitrogens is 1. The van der Waals surface area contributed by atoms with E-state index in [9.17, 15) is 23.8 Å². The summed E-state index contributed by atoms with van der Waals surface area (Å²) in [7, 11) is 1.35. The van der Waals surface area contributed by atoms with Crippen molar-refractivity contribution in [3.05, 3.63) is 48.6 Å². The standard InChI is InChI=1S/C44H78NO9P/c1-6-8-10-12-14-16-18-20-22-24-26-28-30-33-41(46)34-32-36-43(47)51-39-42(40-53-55(49,50)52-38-37-45(3,4)5)54-44(48)35-31-29-27-25-23-21-19-17-15-13-11-9-7-2/h14,16,20,22,26,28,30,33,42H,6-13,15,17-19,21,23-25,27,29,31-32,34-40H2,1-5H3/p+1/b16-14-,22-20-,28-26-,33-30+/t42-/m1/s1. The maximum absolute atomic E-state index is 12.7. The van der Waals surface area contributed by atoms with Gasteiger partial charge in [-0.2, -0.15) is 0 Å². The first-order valence-corrected chi connectivity index (χ1v) is 22.8. The quantitative estimate of drug-likeness (QED) is 0.0124. The molecular weight excluding hydrogens is 717 g/mol. The van der Waals surface area contributed by atoms with Gasteiger partial charge in [-0.05, 0) is 44.6 Å². The summed E-state index contributed by atoms with van der Waals surface area (Å²) < 4.78 is 34.0. The molecule has 55 heavy (non-hydrogen) atoms. The number of esters is 2. The van der Waals surface area contributed by atoms with E-state index < -0.39 is 32.5 Å². The molecule has 0 saturated heterocycles. The van der Waals surface area contributed by atoms with Crippen LogP contribution in [-0.4, -0.2) is 80.7 Å². The lowest BCUT2D eigenvalue weighted by atomic mass is 10.0. The van der Waals surface area contributed by atoms with E-state index in [1.807, 2.05) is 33.3 Å². The summed E-state index contributed by atoms with van der Waals surface area (Å²) in [5, 5.41) is 0. The SMILES string of the molecule is CCCCC/C=C\C/C=C\C/C=C\C=C\C(=O)CCCC(=O)OC[C@H](COP(=O)(O)OCC[N+](C)(C)C)OC(=O)CCCCCCCCCCCCCCC. The van der Waals surface area contributed by atoms with Crippen molar-refractivity contribution < 1.29 is 46.8 Å². The van der Waals surface area contributed by atoms with Crippen molar-refractivity contribution >= 4 is 25.5 Å². The second-order valence-corrected chi connectivity index (χ2v) is 16.9. The second kappa shape index (κ2) is 36.0. The summed E-state index contributed by atoms with van der Waals surface area (Å²) in [6.45, 7) is 4.10. The molecule has 0 saturated carbocycles. The van der Waals surface area contributed by atoms with Gasteiger partial charge in [0.2, 0.25) is 0 Å². The molecule has 0 aliphatic carbocycles. The largest absolute Gasteiger partial charge is 0.472 e. The van der Waals surface area contributed by atoms with E-state index >= 15 is 0 Å². The first-order chi connectivity index (χ1) is 26.4. The monoisotopic (exact) mass is 797 g/mol. The summed E-state index contributed by atoms with van der Waals surface area (Å²) >= 11 is 0. The zero-order valence-corrected chi connectivity index (χ0v) is 36.3. The van der Waals surface area contributed by atoms with Crippen molar-refractivity contribution in [2.75, 3.05) is 47.5 Å². The molecule has 0 aromatic carbocycles. The van der Waals surface area contributed by atoms with Crippen LogP contribution in [0.4, 0.5) is 0 Å². The van der Waals surface area contributed by atoms with Crippen LogP contribution in [0.15, 0.2) is 48.6 Å². The van der Waals surface area contributed by atoms with Crippen molar-refractivity contribution in [3.63, 3.8) is 0 Å². The van der Waals surface area contributed by atoms with Crippen molar-refractivity contribution in [1.82, 2.24) is 0 Å². The third-order valence-corrected chi connectivity index (χ3v) is 9.82. The lowest BCUT2D eigenvalue weighted by Gasteiger charge is -2.24. The zero-order valence-electron chi connectivity index (χ0n) is 35.4. The van der Waals surface area contributed by atoms with Crippen molar-refractivity contribution in [2.24, 2.45) is 0 Å². The molecule has 1 unspecified atom stereocenters. The Morgan fingerprint density at radius 1 is 0.618 bits per heavy atom. The molecule has 0 spiro atoms. The Hall–Kier alpha value is -2.36. The number of likely N-dealkylation sites (N-methyl/N-ethyl adjacent to an activating group) is 1. The molecule has 10 nitrogen and oxygen atoms in total. The number of carbonyl (C=O) groups is 3. The zero-order chi connectivity index (χ0) is 40.9. The van der Waals surface area contributed by atoms with Gasteiger partial charge >= 0.3 is 19.8 Å². The molecule has 2 atom stereocenters. The Bertz CT molecular complexity index is 1140. The number of unbranched alkanes of at least 4 members (excludes halogenated alkanes) is 15. The Morgan fingerprint density at radius 2 is 1.16 bits per heavy atom. The average molecular weight is 797 g/mol. The molecule has 318 valence electrons. The summed E-state index contributed by atoms with van der Waals surface area (Å²) in [4.78, 5) is 47.5. The molecule has 0 fully saturated rings. The molecule has 0 aliphatic rings. The van der Waals surface area contributed by atoms with E-state index in [2.05, 4.69) is 38.2 Å². The van der Waals surface area contributed by atoms with E-state index in [0.29, 0.717) is 23.9 Å². The van der Waals surface area contributed by atoms with E-state index in [0.717, 1.165) is 38.5 Å². The van der Waals surface area contributed by atoms with Crippen LogP contribution in [0, 0.1) is 0 Å². The molecule has 1 N–H and O–H groups in total. The number of hydrogen-bond donors (Lipinski definition) is 1. The van der Waals surface area contributed by atoms with E-state index in [4.69, 9.17) is 18.5 Å². The first-order valence-electron chi connectivity index (χ1n) is 21.3. The summed E-state index contributed by atoms with van der Waals surface area (Å²) in [5.41, 5.74) is 0. The maximum atomic E-state index is 12.7. The van der Waals surface area contributed by atoms with E-state index in [-0.39, 0.29) is 38.3 Å². The highest BCUT2D eigenvalue weighted by atomic mass is 31.2. The van der Waals surface area contributed by atoms with Crippen LogP contribution in [0.5, 0.6) is 0 Å². The van der Waals surface area contributed by atoms with Crippen LogP contribution < -0.4 is 0 Å². The minimum atomic E-state index is -4.43. The predicted molar refractivity (Wildman–Crippen MR) is 225 cm³/mol. The minimum absolute atomic E-state index is 0.000401. The highest BCUT2D eigenvalue weighted by Crippen LogP contribution is 2.43. The van der Waals surface area contributed by atoms with Crippen LogP contribution in [0.3, 0.4) is 0 Å². The van der Waals surface area contributed by atoms with Gasteiger partial charge in [0, 0.05) is 19.3 Å². The van der Waals surface area contributed by atoms with Crippen molar-refractivity contribution in [3.8, 4) is 0 Å². The second-order valence-electron chi connectivity index (χ2n) is 15.4. The third kappa shape index (κ3) is 39.7. The van der Waals surface area contributed by atoms with Gasteiger partial charge in [-0.3, -0.25) is 23.4 Å². The Labute approximate surface area is 335 Å². The number of phosphoric acid groups is 1. The van der Waals surface area contributed by atoms with Gasteiger partial charge in [-0.1, -0.05) is 146 Å². The molecular formula is C44H79NO9P+. The number of carbonyl (C=O) groups excluding carboxylic acids is 3. The normalized spacial score (nSPS) is 14.0. The van der Waals surface area contributed by atoms with Gasteiger partial charge in [0.15, 0.2) is 11.9 Å². The lowest BCUT2D eigenvalue weighted by Crippen LogP contribution is -2.37. The van der Waals surface area contributed by atoms with Crippen LogP contribution in [0.1, 0.15) is 162 Å². The fourth-order valence-electron chi connectivity index (χ4n) is 5.44. The van der Waals surface area contributed by atoms with Gasteiger partial charge in [0.05, 0.1) is 27.7 Å². The fourth-order valence-corrected chi connectivity index (χ4v) is 6.18. The molecule has 11 heteroatoms. The fraction of sp³-hybridized carbons (Fsp3) is 0.750. The molecule has 0 aromatic heterocycles. The number of ketones is 1. The highest BCUT2D eigenvalue weighted by Gasteiger charge is 2.27. The number of rotatable bonds is 38. The number of phosphoric ester groups is 1. The predicted octanol–water partition coefficient (Wildman–Crippen LogP) is 11.1. The van der Waals surface area contributed by atoms with Gasteiger partial charge in [-0.15, -0.1) is 0 Å². The molecule has 0 radical (unpaired) electrons. The topological polar surface area (TPSA) is 125 Å². The van der Waals surface area contributed by atoms with Crippen LogP contribution in [0.25, 0.3) is 0 Å². The smallest absolute Gasteiger partial charge is 0.462 e. The number of nitrogens with zero attached hydrogens (tertiary/aromatic N) is 1. The van der Waals surface area contributed by atoms with Crippen molar-refractivity contribution in [1.29, 1.82) is 0 Å². The first kappa shape index (κ1) is 52.6. The molecule has 0 amide bonds. The molecule has 0 heterocycles. The number of allylic oxidation sites excluding steroid dienone is 8. The van der Waals surface area contributed by atoms with Crippen molar-refractivity contribution in [2.45, 2.75) is 168 Å². The highest BCUT2D eigenvalue weighted by molar-refractivity contribution is 7.47. The van der Waals surface area contributed by atoms with E-state index in [1.54, 1.807) is 6.08 Å². The Balaban J connectivity index is 4.58. The van der Waals surface area contributed by atoms with Gasteiger partial charge in [0.1, 0.15) is 19.8 Å². The average Bonchev–Trinajstić information content (AvgIpc) is 3.12. The molecule has 0 bridgehead atoms. The van der Waals surface area contributed by atoms with Crippen LogP contribution in [0.2, 0.25) is 0 Å². The van der Waals surface area contributed by atoms with Gasteiger partial charge in [-0.25, -0.2) is 4.57 Å². The number of ether oxygens (including phenoxy) is 2. The van der Waals surface area contributed by atoms with Gasteiger partial charge in [0.25, 0.3) is 0 Å². The van der Waals surface area contributed by atoms with Gasteiger partial charge < -0.3 is 18.9 Å². The Morgan fingerprint density at radius 3 is 1.78 bits per heavy atom. The van der Waals surface area contributed by atoms with E-state index in [1.165, 1.54) is 83.1 Å². The summed E-state index contributed by atoms with van der Waals surface area (Å²) in [6.07, 6.45) is 37.3. The molecule has 0 rings (SSSR count). The third-order valence-electron chi connectivity index (χ3n) is 8.84. The molecule has 0 aliphatic heterocycles. The summed E-state index contributed by atoms with van der Waals surface area (Å²) in [5.74, 6) is -1.15. The summed E-state index contributed by atoms with van der Waals surface area (Å²) in [6, 6.07) is 0. The Kier molecular flexibility index (Phi) is 34.5. The van der Waals surface area contributed by atoms with Crippen LogP contribution in [-0.2, 0) is 37.5 Å². The van der Waals surface area contributed by atoms with Crippen LogP contribution >= 0.6 is 7.82 Å².